The molecule has 78 valence electrons. The Bertz CT molecular complexity index is 535. The molecule has 0 unspecified atom stereocenters. The van der Waals surface area contributed by atoms with Crippen molar-refractivity contribution in [1.29, 1.82) is 0 Å². The van der Waals surface area contributed by atoms with Crippen molar-refractivity contribution in [3.63, 3.8) is 0 Å². The largest absolute Gasteiger partial charge is 0.348 e. The summed E-state index contributed by atoms with van der Waals surface area (Å²) in [5.41, 5.74) is 0.330. The molecule has 0 fully saturated rings. The van der Waals surface area contributed by atoms with Gasteiger partial charge in [-0.3, -0.25) is 0 Å². The number of hydrogen-bond donors (Lipinski definition) is 1. The van der Waals surface area contributed by atoms with Crippen LogP contribution in [0.5, 0.6) is 0 Å². The van der Waals surface area contributed by atoms with Gasteiger partial charge >= 0.3 is 4.84 Å². The number of rotatable bonds is 2. The minimum absolute atomic E-state index is 0.0625. The Labute approximate surface area is 88.7 Å². The number of nitrogens with one attached hydrogen (secondary N) is 1. The van der Waals surface area contributed by atoms with Gasteiger partial charge in [-0.1, -0.05) is 6.07 Å². The average molecular weight is 228 g/mol. The van der Waals surface area contributed by atoms with E-state index in [4.69, 9.17) is 0 Å². The Morgan fingerprint density at radius 1 is 1.40 bits per heavy atom. The zero-order valence-corrected chi connectivity index (χ0v) is 8.28. The van der Waals surface area contributed by atoms with Crippen molar-refractivity contribution in [2.24, 2.45) is 0 Å². The van der Waals surface area contributed by atoms with Crippen LogP contribution < -0.4 is 0 Å². The predicted octanol–water partition coefficient (Wildman–Crippen LogP) is 2.60. The first kappa shape index (κ1) is 9.97. The summed E-state index contributed by atoms with van der Waals surface area (Å²) < 4.78 is 30.5. The minimum Gasteiger partial charge on any atom is -0.348 e. The van der Waals surface area contributed by atoms with Gasteiger partial charge in [0.15, 0.2) is 0 Å². The van der Waals surface area contributed by atoms with Gasteiger partial charge in [-0.2, -0.15) is 4.98 Å². The summed E-state index contributed by atoms with van der Waals surface area (Å²) in [5.74, 6) is -0.813. The Kier molecular flexibility index (Phi) is 2.59. The molecule has 0 saturated heterocycles. The summed E-state index contributed by atoms with van der Waals surface area (Å²) in [6.45, 7) is 0. The van der Waals surface area contributed by atoms with E-state index in [0.717, 1.165) is 6.07 Å². The molecule has 1 heterocycles. The van der Waals surface area contributed by atoms with Crippen molar-refractivity contribution >= 4 is 12.2 Å². The van der Waals surface area contributed by atoms with E-state index < -0.39 is 11.6 Å². The third kappa shape index (κ3) is 2.27. The van der Waals surface area contributed by atoms with Crippen LogP contribution in [0.2, 0.25) is 0 Å². The molecule has 3 nitrogen and oxygen atoms in total. The molecule has 0 aliphatic carbocycles. The molecule has 0 atom stereocenters. The summed E-state index contributed by atoms with van der Waals surface area (Å²) in [7, 11) is 0. The first-order valence-corrected chi connectivity index (χ1v) is 4.54. The summed E-state index contributed by atoms with van der Waals surface area (Å²) in [6, 6.07) is 3.37. The molecular weight excluding hydrogens is 222 g/mol. The molecule has 0 radical (unpaired) electrons. The molecule has 15 heavy (non-hydrogen) atoms. The van der Waals surface area contributed by atoms with Crippen molar-refractivity contribution in [3.05, 3.63) is 46.1 Å². The maximum absolute atomic E-state index is 13.2. The second kappa shape index (κ2) is 3.90. The number of benzene rings is 1. The van der Waals surface area contributed by atoms with Gasteiger partial charge in [0.25, 0.3) is 0 Å². The maximum Gasteiger partial charge on any atom is 0.314 e. The summed E-state index contributed by atoms with van der Waals surface area (Å²) in [6.07, 6.45) is 0.187. The second-order valence-corrected chi connectivity index (χ2v) is 3.29. The van der Waals surface area contributed by atoms with Gasteiger partial charge in [0.2, 0.25) is 0 Å². The molecule has 1 N–H and O–H groups in total. The van der Waals surface area contributed by atoms with E-state index in [1.807, 2.05) is 0 Å². The van der Waals surface area contributed by atoms with Crippen molar-refractivity contribution in [2.45, 2.75) is 6.42 Å². The van der Waals surface area contributed by atoms with E-state index in [-0.39, 0.29) is 11.3 Å². The van der Waals surface area contributed by atoms with Crippen LogP contribution in [0.25, 0.3) is 0 Å². The third-order valence-corrected chi connectivity index (χ3v) is 2.03. The Balaban J connectivity index is 2.28. The number of nitrogens with zero attached hydrogens (tertiary/aromatic N) is 1. The van der Waals surface area contributed by atoms with Crippen LogP contribution in [-0.4, -0.2) is 10.1 Å². The molecule has 1 aromatic heterocycles. The molecule has 0 spiro atoms. The average Bonchev–Trinajstić information content (AvgIpc) is 2.56. The fourth-order valence-electron chi connectivity index (χ4n) is 1.18. The molecule has 2 aromatic rings. The normalized spacial score (nSPS) is 10.5. The van der Waals surface area contributed by atoms with E-state index >= 15 is 0 Å². The lowest BCUT2D eigenvalue weighted by molar-refractivity contribution is 0.399. The molecule has 1 aromatic carbocycles. The summed E-state index contributed by atoms with van der Waals surface area (Å²) >= 11 is 4.64. The molecule has 0 aliphatic rings. The van der Waals surface area contributed by atoms with Crippen LogP contribution in [0, 0.1) is 16.5 Å². The Morgan fingerprint density at radius 2 is 2.20 bits per heavy atom. The van der Waals surface area contributed by atoms with Crippen LogP contribution in [0.15, 0.2) is 22.7 Å². The van der Waals surface area contributed by atoms with E-state index in [0.29, 0.717) is 11.4 Å². The van der Waals surface area contributed by atoms with Gasteiger partial charge in [-0.25, -0.2) is 13.9 Å². The van der Waals surface area contributed by atoms with E-state index in [9.17, 15) is 8.78 Å². The molecule has 0 amide bonds. The van der Waals surface area contributed by atoms with Crippen molar-refractivity contribution in [3.8, 4) is 0 Å². The number of H-pyrrole nitrogens is 1. The van der Waals surface area contributed by atoms with Crippen LogP contribution >= 0.6 is 12.2 Å². The smallest absolute Gasteiger partial charge is 0.314 e. The summed E-state index contributed by atoms with van der Waals surface area (Å²) in [5, 5.41) is 2.45. The predicted molar refractivity (Wildman–Crippen MR) is 50.9 cm³/mol. The van der Waals surface area contributed by atoms with Gasteiger partial charge in [0.1, 0.15) is 17.5 Å². The highest BCUT2D eigenvalue weighted by Crippen LogP contribution is 2.12. The quantitative estimate of drug-likeness (QED) is 0.803. The molecule has 2 rings (SSSR count). The van der Waals surface area contributed by atoms with Crippen molar-refractivity contribution in [2.75, 3.05) is 0 Å². The van der Waals surface area contributed by atoms with Gasteiger partial charge in [0.05, 0.1) is 0 Å². The highest BCUT2D eigenvalue weighted by atomic mass is 32.1. The third-order valence-electron chi connectivity index (χ3n) is 1.86. The lowest BCUT2D eigenvalue weighted by Crippen LogP contribution is -1.95. The van der Waals surface area contributed by atoms with Crippen molar-refractivity contribution < 1.29 is 13.3 Å². The van der Waals surface area contributed by atoms with Crippen LogP contribution in [0.3, 0.4) is 0 Å². The van der Waals surface area contributed by atoms with Crippen LogP contribution in [-0.2, 0) is 6.42 Å². The van der Waals surface area contributed by atoms with Gasteiger partial charge in [-0.15, -0.1) is 0 Å². The standard InChI is InChI=1S/C9H6F2N2OS/c10-6-2-1-5(7(11)4-6)3-8-12-9(15)14-13-8/h1-2,4H,3H2,(H,12,13,15). The van der Waals surface area contributed by atoms with Crippen LogP contribution in [0.1, 0.15) is 11.4 Å². The number of hydrogen-bond acceptors (Lipinski definition) is 3. The zero-order valence-electron chi connectivity index (χ0n) is 7.46. The SMILES string of the molecule is Fc1ccc(Cc2nc(=S)o[nH]2)c(F)c1. The minimum atomic E-state index is -0.614. The molecule has 6 heteroatoms. The lowest BCUT2D eigenvalue weighted by Gasteiger charge is -1.99. The van der Waals surface area contributed by atoms with E-state index in [1.165, 1.54) is 12.1 Å². The van der Waals surface area contributed by atoms with E-state index in [1.54, 1.807) is 0 Å². The monoisotopic (exact) mass is 228 g/mol. The maximum atomic E-state index is 13.2. The van der Waals surface area contributed by atoms with Crippen molar-refractivity contribution in [1.82, 2.24) is 10.1 Å². The molecule has 0 bridgehead atoms. The Morgan fingerprint density at radius 3 is 2.80 bits per heavy atom. The number of halogens is 2. The van der Waals surface area contributed by atoms with Gasteiger partial charge in [-0.05, 0) is 23.8 Å². The summed E-state index contributed by atoms with van der Waals surface area (Å²) in [4.78, 5) is 3.86. The Hall–Kier alpha value is -1.56. The fourth-order valence-corrected chi connectivity index (χ4v) is 1.33. The first-order valence-electron chi connectivity index (χ1n) is 4.13. The van der Waals surface area contributed by atoms with E-state index in [2.05, 4.69) is 26.9 Å². The lowest BCUT2D eigenvalue weighted by atomic mass is 10.1. The van der Waals surface area contributed by atoms with Gasteiger partial charge < -0.3 is 4.52 Å². The fraction of sp³-hybridized carbons (Fsp3) is 0.111. The number of aromatic amines is 1. The van der Waals surface area contributed by atoms with Crippen LogP contribution in [0.4, 0.5) is 8.78 Å². The zero-order chi connectivity index (χ0) is 10.8. The molecule has 0 aliphatic heterocycles. The topological polar surface area (TPSA) is 41.8 Å². The highest BCUT2D eigenvalue weighted by Gasteiger charge is 2.07. The molecule has 0 saturated carbocycles. The second-order valence-electron chi connectivity index (χ2n) is 2.94. The first-order chi connectivity index (χ1) is 7.15. The van der Waals surface area contributed by atoms with Gasteiger partial charge in [0, 0.05) is 12.5 Å². The highest BCUT2D eigenvalue weighted by molar-refractivity contribution is 7.71. The molecular formula is C9H6F2N2OS. The number of aromatic nitrogens is 2.